The fourth-order valence-corrected chi connectivity index (χ4v) is 2.87. The Morgan fingerprint density at radius 3 is 2.95 bits per heavy atom. The molecule has 5 heteroatoms. The summed E-state index contributed by atoms with van der Waals surface area (Å²) in [4.78, 5) is 6.84. The van der Waals surface area contributed by atoms with E-state index in [1.54, 1.807) is 6.20 Å². The van der Waals surface area contributed by atoms with Crippen LogP contribution in [0.15, 0.2) is 36.7 Å². The summed E-state index contributed by atoms with van der Waals surface area (Å²) in [6, 6.07) is 8.01. The molecule has 1 fully saturated rings. The molecule has 0 saturated carbocycles. The van der Waals surface area contributed by atoms with Crippen LogP contribution in [0.5, 0.6) is 0 Å². The van der Waals surface area contributed by atoms with Crippen LogP contribution in [0.1, 0.15) is 12.1 Å². The minimum absolute atomic E-state index is 0.645. The maximum absolute atomic E-state index is 5.89. The number of nitrogens with zero attached hydrogens (tertiary/aromatic N) is 3. The average Bonchev–Trinajstić information content (AvgIpc) is 3.09. The Morgan fingerprint density at radius 2 is 2.25 bits per heavy atom. The van der Waals surface area contributed by atoms with Crippen molar-refractivity contribution in [1.82, 2.24) is 14.5 Å². The number of hydrogen-bond acceptors (Lipinski definition) is 3. The molecule has 4 nitrogen and oxygen atoms in total. The third-order valence-electron chi connectivity index (χ3n) is 3.88. The molecule has 1 aliphatic heterocycles. The molecular formula is C15H19ClN4. The number of likely N-dealkylation sites (tertiary alicyclic amines) is 1. The second-order valence-electron chi connectivity index (χ2n) is 5.33. The van der Waals surface area contributed by atoms with E-state index in [1.807, 2.05) is 18.3 Å². The highest BCUT2D eigenvalue weighted by molar-refractivity contribution is 6.30. The first-order valence-electron chi connectivity index (χ1n) is 6.97. The molecule has 106 valence electrons. The van der Waals surface area contributed by atoms with Crippen LogP contribution in [-0.4, -0.2) is 34.1 Å². The van der Waals surface area contributed by atoms with E-state index in [9.17, 15) is 0 Å². The van der Waals surface area contributed by atoms with Gasteiger partial charge in [-0.05, 0) is 49.7 Å². The predicted octanol–water partition coefficient (Wildman–Crippen LogP) is 2.31. The van der Waals surface area contributed by atoms with Crippen LogP contribution in [0.4, 0.5) is 0 Å². The van der Waals surface area contributed by atoms with Gasteiger partial charge in [-0.15, -0.1) is 0 Å². The first kappa shape index (κ1) is 13.6. The van der Waals surface area contributed by atoms with Crippen molar-refractivity contribution in [3.8, 4) is 5.82 Å². The monoisotopic (exact) mass is 290 g/mol. The molecule has 1 saturated heterocycles. The molecule has 0 radical (unpaired) electrons. The van der Waals surface area contributed by atoms with E-state index < -0.39 is 0 Å². The molecule has 0 aliphatic carbocycles. The van der Waals surface area contributed by atoms with E-state index in [1.165, 1.54) is 12.1 Å². The maximum Gasteiger partial charge on any atom is 0.136 e. The third kappa shape index (κ3) is 2.87. The first-order chi connectivity index (χ1) is 9.76. The lowest BCUT2D eigenvalue weighted by Crippen LogP contribution is -2.23. The molecule has 2 N–H and O–H groups in total. The molecule has 20 heavy (non-hydrogen) atoms. The van der Waals surface area contributed by atoms with Crippen LogP contribution in [-0.2, 0) is 6.54 Å². The molecule has 0 bridgehead atoms. The van der Waals surface area contributed by atoms with Crippen LogP contribution < -0.4 is 5.73 Å². The van der Waals surface area contributed by atoms with Gasteiger partial charge >= 0.3 is 0 Å². The fraction of sp³-hybridized carbons (Fsp3) is 0.400. The van der Waals surface area contributed by atoms with Crippen LogP contribution in [0, 0.1) is 5.92 Å². The Balaban J connectivity index is 1.75. The SMILES string of the molecule is NC[C@@H]1CCN(Cc2cccn2-c2ccc(Cl)cn2)C1. The average molecular weight is 291 g/mol. The van der Waals surface area contributed by atoms with Crippen molar-refractivity contribution in [1.29, 1.82) is 0 Å². The van der Waals surface area contributed by atoms with Gasteiger partial charge in [-0.1, -0.05) is 11.6 Å². The molecule has 0 aromatic carbocycles. The second kappa shape index (κ2) is 5.95. The predicted molar refractivity (Wildman–Crippen MR) is 81.0 cm³/mol. The molecule has 0 amide bonds. The highest BCUT2D eigenvalue weighted by Gasteiger charge is 2.22. The van der Waals surface area contributed by atoms with Crippen molar-refractivity contribution < 1.29 is 0 Å². The van der Waals surface area contributed by atoms with Crippen LogP contribution in [0.25, 0.3) is 5.82 Å². The van der Waals surface area contributed by atoms with Gasteiger partial charge in [0, 0.05) is 31.2 Å². The summed E-state index contributed by atoms with van der Waals surface area (Å²) < 4.78 is 2.12. The Bertz CT molecular complexity index is 564. The van der Waals surface area contributed by atoms with E-state index in [0.29, 0.717) is 10.9 Å². The molecular weight excluding hydrogens is 272 g/mol. The van der Waals surface area contributed by atoms with Gasteiger partial charge in [-0.3, -0.25) is 4.90 Å². The van der Waals surface area contributed by atoms with Crippen molar-refractivity contribution in [3.05, 3.63) is 47.4 Å². The Kier molecular flexibility index (Phi) is 4.05. The molecule has 2 aromatic rings. The largest absolute Gasteiger partial charge is 0.330 e. The quantitative estimate of drug-likeness (QED) is 0.940. The summed E-state index contributed by atoms with van der Waals surface area (Å²) in [6.07, 6.45) is 4.93. The Hall–Kier alpha value is -1.36. The van der Waals surface area contributed by atoms with Crippen molar-refractivity contribution >= 4 is 11.6 Å². The van der Waals surface area contributed by atoms with Gasteiger partial charge in [-0.2, -0.15) is 0 Å². The highest BCUT2D eigenvalue weighted by Crippen LogP contribution is 2.20. The summed E-state index contributed by atoms with van der Waals surface area (Å²) in [7, 11) is 0. The van der Waals surface area contributed by atoms with Crippen molar-refractivity contribution in [3.63, 3.8) is 0 Å². The lowest BCUT2D eigenvalue weighted by Gasteiger charge is -2.17. The zero-order valence-electron chi connectivity index (χ0n) is 11.4. The number of hydrogen-bond donors (Lipinski definition) is 1. The lowest BCUT2D eigenvalue weighted by molar-refractivity contribution is 0.312. The smallest absolute Gasteiger partial charge is 0.136 e. The van der Waals surface area contributed by atoms with Gasteiger partial charge in [-0.25, -0.2) is 4.98 Å². The van der Waals surface area contributed by atoms with E-state index in [-0.39, 0.29) is 0 Å². The molecule has 2 aromatic heterocycles. The molecule has 0 spiro atoms. The summed E-state index contributed by atoms with van der Waals surface area (Å²) in [5, 5.41) is 0.660. The standard InChI is InChI=1S/C15H19ClN4/c16-13-3-4-15(18-9-13)20-6-1-2-14(20)11-19-7-5-12(8-17)10-19/h1-4,6,9,12H,5,7-8,10-11,17H2/t12-/m0/s1. The van der Waals surface area contributed by atoms with E-state index in [4.69, 9.17) is 17.3 Å². The van der Waals surface area contributed by atoms with Crippen LogP contribution in [0.2, 0.25) is 5.02 Å². The number of pyridine rings is 1. The van der Waals surface area contributed by atoms with E-state index in [2.05, 4.69) is 26.6 Å². The van der Waals surface area contributed by atoms with Gasteiger partial charge in [0.2, 0.25) is 0 Å². The number of nitrogens with two attached hydrogens (primary N) is 1. The van der Waals surface area contributed by atoms with Gasteiger partial charge in [0.05, 0.1) is 5.02 Å². The first-order valence-corrected chi connectivity index (χ1v) is 7.34. The molecule has 0 unspecified atom stereocenters. The van der Waals surface area contributed by atoms with Gasteiger partial charge in [0.1, 0.15) is 5.82 Å². The summed E-state index contributed by atoms with van der Waals surface area (Å²) in [5.74, 6) is 1.55. The minimum atomic E-state index is 0.645. The highest BCUT2D eigenvalue weighted by atomic mass is 35.5. The van der Waals surface area contributed by atoms with Gasteiger partial charge in [0.25, 0.3) is 0 Å². The Morgan fingerprint density at radius 1 is 1.35 bits per heavy atom. The van der Waals surface area contributed by atoms with Crippen molar-refractivity contribution in [2.24, 2.45) is 11.7 Å². The zero-order chi connectivity index (χ0) is 13.9. The van der Waals surface area contributed by atoms with Crippen LogP contribution in [0.3, 0.4) is 0 Å². The zero-order valence-corrected chi connectivity index (χ0v) is 12.1. The molecule has 1 atom stereocenters. The maximum atomic E-state index is 5.89. The van der Waals surface area contributed by atoms with Crippen molar-refractivity contribution in [2.75, 3.05) is 19.6 Å². The molecule has 3 heterocycles. The normalized spacial score (nSPS) is 19.6. The minimum Gasteiger partial charge on any atom is -0.330 e. The number of aromatic nitrogens is 2. The van der Waals surface area contributed by atoms with Crippen LogP contribution >= 0.6 is 11.6 Å². The third-order valence-corrected chi connectivity index (χ3v) is 4.10. The Labute approximate surface area is 124 Å². The molecule has 1 aliphatic rings. The van der Waals surface area contributed by atoms with E-state index in [0.717, 1.165) is 32.0 Å². The van der Waals surface area contributed by atoms with Gasteiger partial charge < -0.3 is 10.3 Å². The second-order valence-corrected chi connectivity index (χ2v) is 5.77. The molecule has 3 rings (SSSR count). The lowest BCUT2D eigenvalue weighted by atomic mass is 10.1. The summed E-state index contributed by atoms with van der Waals surface area (Å²) in [5.41, 5.74) is 7.00. The number of rotatable bonds is 4. The topological polar surface area (TPSA) is 47.1 Å². The van der Waals surface area contributed by atoms with Gasteiger partial charge in [0.15, 0.2) is 0 Å². The van der Waals surface area contributed by atoms with Crippen molar-refractivity contribution in [2.45, 2.75) is 13.0 Å². The fourth-order valence-electron chi connectivity index (χ4n) is 2.76. The number of halogens is 1. The van der Waals surface area contributed by atoms with E-state index >= 15 is 0 Å². The summed E-state index contributed by atoms with van der Waals surface area (Å²) >= 11 is 5.89. The summed E-state index contributed by atoms with van der Waals surface area (Å²) in [6.45, 7) is 3.95.